The number of anilines is 1. The summed E-state index contributed by atoms with van der Waals surface area (Å²) in [7, 11) is 1.64. The summed E-state index contributed by atoms with van der Waals surface area (Å²) < 4.78 is 7.29. The highest BCUT2D eigenvalue weighted by Gasteiger charge is 2.42. The van der Waals surface area contributed by atoms with Gasteiger partial charge in [-0.15, -0.1) is 5.10 Å². The fraction of sp³-hybridized carbons (Fsp3) is 0.320. The molecule has 0 saturated heterocycles. The molecule has 0 fully saturated rings. The molecular formula is C25H25ClN4O2S. The van der Waals surface area contributed by atoms with Crippen LogP contribution >= 0.6 is 23.4 Å². The van der Waals surface area contributed by atoms with Gasteiger partial charge < -0.3 is 10.1 Å². The van der Waals surface area contributed by atoms with Crippen LogP contribution in [0.25, 0.3) is 0 Å². The van der Waals surface area contributed by atoms with E-state index in [4.69, 9.17) is 26.4 Å². The predicted octanol–water partition coefficient (Wildman–Crippen LogP) is 5.89. The third-order valence-electron chi connectivity index (χ3n) is 6.04. The smallest absolute Gasteiger partial charge is 0.227 e. The van der Waals surface area contributed by atoms with Crippen molar-refractivity contribution in [3.8, 4) is 5.75 Å². The van der Waals surface area contributed by atoms with Crippen molar-refractivity contribution in [2.24, 2.45) is 5.41 Å². The minimum absolute atomic E-state index is 0.105. The van der Waals surface area contributed by atoms with Gasteiger partial charge in [0.1, 0.15) is 11.8 Å². The van der Waals surface area contributed by atoms with E-state index in [9.17, 15) is 4.79 Å². The Kier molecular flexibility index (Phi) is 5.70. The summed E-state index contributed by atoms with van der Waals surface area (Å²) in [6, 6.07) is 15.3. The van der Waals surface area contributed by atoms with Gasteiger partial charge in [0.25, 0.3) is 0 Å². The molecule has 0 spiro atoms. The molecule has 5 rings (SSSR count). The highest BCUT2D eigenvalue weighted by atomic mass is 35.5. The first kappa shape index (κ1) is 22.0. The molecule has 1 aliphatic carbocycles. The number of Topliss-reactive ketones (excluding diaryl/α,β-unsaturated/α-hetero) is 1. The van der Waals surface area contributed by atoms with E-state index in [1.165, 1.54) is 11.8 Å². The van der Waals surface area contributed by atoms with Crippen LogP contribution in [0.1, 0.15) is 43.9 Å². The van der Waals surface area contributed by atoms with Crippen LogP contribution in [0.5, 0.6) is 5.75 Å². The molecule has 2 aliphatic rings. The summed E-state index contributed by atoms with van der Waals surface area (Å²) in [5, 5.41) is 9.59. The fourth-order valence-corrected chi connectivity index (χ4v) is 5.64. The highest BCUT2D eigenvalue weighted by Crippen LogP contribution is 2.46. The number of ketones is 1. The van der Waals surface area contributed by atoms with Crippen LogP contribution in [0, 0.1) is 5.41 Å². The Morgan fingerprint density at radius 3 is 2.82 bits per heavy atom. The van der Waals surface area contributed by atoms with Crippen molar-refractivity contribution in [3.05, 3.63) is 76.0 Å². The van der Waals surface area contributed by atoms with Crippen LogP contribution in [-0.2, 0) is 10.5 Å². The first-order valence-electron chi connectivity index (χ1n) is 10.8. The van der Waals surface area contributed by atoms with Crippen LogP contribution < -0.4 is 10.1 Å². The quantitative estimate of drug-likeness (QED) is 0.459. The number of benzene rings is 2. The van der Waals surface area contributed by atoms with E-state index in [0.29, 0.717) is 23.3 Å². The Morgan fingerprint density at radius 1 is 1.21 bits per heavy atom. The SMILES string of the molecule is COc1cccc(C2C3=C(CC(C)(C)CC3=O)Nc3nc(SCc4ccccc4Cl)nn32)c1. The number of nitrogens with one attached hydrogen (secondary N) is 1. The van der Waals surface area contributed by atoms with E-state index < -0.39 is 0 Å². The Bertz CT molecular complexity index is 1270. The van der Waals surface area contributed by atoms with Gasteiger partial charge in [0.2, 0.25) is 11.1 Å². The largest absolute Gasteiger partial charge is 0.497 e. The van der Waals surface area contributed by atoms with Crippen LogP contribution in [0.4, 0.5) is 5.95 Å². The molecule has 1 N–H and O–H groups in total. The van der Waals surface area contributed by atoms with Crippen molar-refractivity contribution < 1.29 is 9.53 Å². The molecule has 3 aromatic rings. The second-order valence-corrected chi connectivity index (χ2v) is 10.5. The summed E-state index contributed by atoms with van der Waals surface area (Å²) in [4.78, 5) is 18.1. The maximum absolute atomic E-state index is 13.3. The lowest BCUT2D eigenvalue weighted by atomic mass is 9.73. The molecule has 1 aliphatic heterocycles. The average molecular weight is 481 g/mol. The van der Waals surface area contributed by atoms with E-state index in [1.807, 2.05) is 53.2 Å². The zero-order chi connectivity index (χ0) is 23.2. The monoisotopic (exact) mass is 480 g/mol. The number of nitrogens with zero attached hydrogens (tertiary/aromatic N) is 3. The Hall–Kier alpha value is -2.77. The van der Waals surface area contributed by atoms with Gasteiger partial charge in [-0.1, -0.05) is 67.5 Å². The number of carbonyl (C=O) groups excluding carboxylic acids is 1. The van der Waals surface area contributed by atoms with Gasteiger partial charge in [-0.3, -0.25) is 4.79 Å². The van der Waals surface area contributed by atoms with Gasteiger partial charge in [-0.25, -0.2) is 4.68 Å². The molecule has 6 nitrogen and oxygen atoms in total. The van der Waals surface area contributed by atoms with Gasteiger partial charge in [-0.2, -0.15) is 4.98 Å². The molecule has 0 radical (unpaired) electrons. The molecule has 2 aromatic carbocycles. The average Bonchev–Trinajstić information content (AvgIpc) is 3.18. The molecule has 2 heterocycles. The number of thioether (sulfide) groups is 1. The molecule has 1 atom stereocenters. The number of halogens is 1. The summed E-state index contributed by atoms with van der Waals surface area (Å²) in [5.41, 5.74) is 3.58. The molecule has 170 valence electrons. The van der Waals surface area contributed by atoms with Crippen molar-refractivity contribution in [3.63, 3.8) is 0 Å². The topological polar surface area (TPSA) is 69.0 Å². The highest BCUT2D eigenvalue weighted by molar-refractivity contribution is 7.98. The first-order valence-corrected chi connectivity index (χ1v) is 12.2. The number of ether oxygens (including phenoxy) is 1. The lowest BCUT2D eigenvalue weighted by Crippen LogP contribution is -2.36. The van der Waals surface area contributed by atoms with Crippen LogP contribution in [0.3, 0.4) is 0 Å². The number of allylic oxidation sites excluding steroid dienone is 2. The molecule has 0 amide bonds. The number of methoxy groups -OCH3 is 1. The van der Waals surface area contributed by atoms with Crippen LogP contribution in [0.2, 0.25) is 5.02 Å². The van der Waals surface area contributed by atoms with Gasteiger partial charge in [-0.05, 0) is 41.2 Å². The van der Waals surface area contributed by atoms with E-state index >= 15 is 0 Å². The molecule has 8 heteroatoms. The van der Waals surface area contributed by atoms with Gasteiger partial charge in [0, 0.05) is 28.5 Å². The summed E-state index contributed by atoms with van der Waals surface area (Å²) in [5.74, 6) is 2.19. The zero-order valence-electron chi connectivity index (χ0n) is 18.8. The van der Waals surface area contributed by atoms with Crippen LogP contribution in [0.15, 0.2) is 65.0 Å². The number of hydrogen-bond donors (Lipinski definition) is 1. The van der Waals surface area contributed by atoms with E-state index in [1.54, 1.807) is 7.11 Å². The van der Waals surface area contributed by atoms with Gasteiger partial charge >= 0.3 is 0 Å². The van der Waals surface area contributed by atoms with E-state index in [-0.39, 0.29) is 17.2 Å². The number of aromatic nitrogens is 3. The molecule has 1 aromatic heterocycles. The number of hydrogen-bond acceptors (Lipinski definition) is 6. The minimum Gasteiger partial charge on any atom is -0.497 e. The predicted molar refractivity (Wildman–Crippen MR) is 131 cm³/mol. The van der Waals surface area contributed by atoms with Gasteiger partial charge in [0.15, 0.2) is 5.78 Å². The molecular weight excluding hydrogens is 456 g/mol. The Labute approximate surface area is 202 Å². The second kappa shape index (κ2) is 8.54. The third-order valence-corrected chi connectivity index (χ3v) is 7.29. The molecule has 1 unspecified atom stereocenters. The maximum atomic E-state index is 13.3. The number of rotatable bonds is 5. The van der Waals surface area contributed by atoms with E-state index in [0.717, 1.165) is 39.6 Å². The summed E-state index contributed by atoms with van der Waals surface area (Å²) in [6.07, 6.45) is 1.29. The molecule has 0 saturated carbocycles. The summed E-state index contributed by atoms with van der Waals surface area (Å²) in [6.45, 7) is 4.25. The first-order chi connectivity index (χ1) is 15.8. The summed E-state index contributed by atoms with van der Waals surface area (Å²) >= 11 is 7.85. The van der Waals surface area contributed by atoms with Crippen molar-refractivity contribution >= 4 is 35.1 Å². The lowest BCUT2D eigenvalue weighted by molar-refractivity contribution is -0.118. The fourth-order valence-electron chi connectivity index (χ4n) is 4.53. The Morgan fingerprint density at radius 2 is 2.03 bits per heavy atom. The molecule has 0 bridgehead atoms. The standard InChI is InChI=1S/C25H25ClN4O2S/c1-25(2)12-19-21(20(31)13-25)22(15-8-6-9-17(11-15)32-3)30-23(27-19)28-24(29-30)33-14-16-7-4-5-10-18(16)26/h4-11,22H,12-14H2,1-3H3,(H,27,28,29). The zero-order valence-corrected chi connectivity index (χ0v) is 20.3. The van der Waals surface area contributed by atoms with Crippen LogP contribution in [-0.4, -0.2) is 27.7 Å². The second-order valence-electron chi connectivity index (χ2n) is 9.18. The van der Waals surface area contributed by atoms with Crippen molar-refractivity contribution in [1.29, 1.82) is 0 Å². The molecule has 33 heavy (non-hydrogen) atoms. The number of carbonyl (C=O) groups is 1. The maximum Gasteiger partial charge on any atom is 0.227 e. The number of fused-ring (bicyclic) bond motifs is 1. The Balaban J connectivity index is 1.55. The lowest BCUT2D eigenvalue weighted by Gasteiger charge is -2.38. The minimum atomic E-state index is -0.350. The third kappa shape index (κ3) is 4.27. The normalized spacial score (nSPS) is 19.0. The van der Waals surface area contributed by atoms with Gasteiger partial charge in [0.05, 0.1) is 7.11 Å². The van der Waals surface area contributed by atoms with Crippen molar-refractivity contribution in [2.45, 2.75) is 43.6 Å². The van der Waals surface area contributed by atoms with Crippen molar-refractivity contribution in [1.82, 2.24) is 14.8 Å². The van der Waals surface area contributed by atoms with E-state index in [2.05, 4.69) is 19.2 Å². The van der Waals surface area contributed by atoms with Crippen molar-refractivity contribution in [2.75, 3.05) is 12.4 Å².